The summed E-state index contributed by atoms with van der Waals surface area (Å²) in [6.07, 6.45) is 3.67. The molecule has 3 rings (SSSR count). The van der Waals surface area contributed by atoms with E-state index in [1.807, 2.05) is 32.0 Å². The molecule has 1 aliphatic rings. The summed E-state index contributed by atoms with van der Waals surface area (Å²) in [5, 5.41) is 17.6. The minimum absolute atomic E-state index is 0. The lowest BCUT2D eigenvalue weighted by molar-refractivity contribution is 0.0428. The zero-order chi connectivity index (χ0) is 23.0. The standard InChI is InChI=1S/C23H34N4O5.HI/c1-4-30-22(28)27-13-10-18(11-14-27)26-21(24-12-9-19-6-5-15-31-19)25-16-23(3,29)20-8-7-17(2)32-20;/h5-8,15,18,29H,4,9-14,16H2,1-3H3,(H2,24,25,26);1H. The van der Waals surface area contributed by atoms with Crippen molar-refractivity contribution in [1.82, 2.24) is 15.5 Å². The number of ether oxygens (including phenoxy) is 1. The van der Waals surface area contributed by atoms with Crippen LogP contribution in [0.25, 0.3) is 0 Å². The SMILES string of the molecule is CCOC(=O)N1CCC(NC(=NCC(C)(O)c2ccc(C)o2)NCCc2ccco2)CC1.I. The van der Waals surface area contributed by atoms with Gasteiger partial charge < -0.3 is 34.2 Å². The van der Waals surface area contributed by atoms with Crippen LogP contribution in [-0.4, -0.2) is 60.9 Å². The molecule has 1 fully saturated rings. The average Bonchev–Trinajstić information content (AvgIpc) is 3.45. The number of likely N-dealkylation sites (tertiary alicyclic amines) is 1. The summed E-state index contributed by atoms with van der Waals surface area (Å²) < 4.78 is 16.1. The Morgan fingerprint density at radius 2 is 2.09 bits per heavy atom. The number of aryl methyl sites for hydroxylation is 1. The van der Waals surface area contributed by atoms with Crippen molar-refractivity contribution in [2.24, 2.45) is 4.99 Å². The normalized spacial score (nSPS) is 16.6. The molecule has 0 aromatic carbocycles. The fourth-order valence-corrected chi connectivity index (χ4v) is 3.56. The Kier molecular flexibility index (Phi) is 10.6. The van der Waals surface area contributed by atoms with Crippen molar-refractivity contribution in [3.05, 3.63) is 47.8 Å². The second-order valence-electron chi connectivity index (χ2n) is 8.21. The van der Waals surface area contributed by atoms with E-state index in [1.54, 1.807) is 24.2 Å². The maximum absolute atomic E-state index is 11.9. The summed E-state index contributed by atoms with van der Waals surface area (Å²) in [6, 6.07) is 7.55. The van der Waals surface area contributed by atoms with Crippen molar-refractivity contribution in [2.45, 2.75) is 51.7 Å². The van der Waals surface area contributed by atoms with E-state index in [0.29, 0.717) is 44.4 Å². The number of rotatable bonds is 8. The zero-order valence-electron chi connectivity index (χ0n) is 19.5. The van der Waals surface area contributed by atoms with Crippen molar-refractivity contribution in [1.29, 1.82) is 0 Å². The van der Waals surface area contributed by atoms with E-state index < -0.39 is 5.60 Å². The molecule has 1 amide bonds. The van der Waals surface area contributed by atoms with Crippen LogP contribution >= 0.6 is 24.0 Å². The van der Waals surface area contributed by atoms with Gasteiger partial charge >= 0.3 is 6.09 Å². The first-order chi connectivity index (χ1) is 15.4. The summed E-state index contributed by atoms with van der Waals surface area (Å²) in [5.41, 5.74) is -1.23. The second-order valence-corrected chi connectivity index (χ2v) is 8.21. The summed E-state index contributed by atoms with van der Waals surface area (Å²) in [6.45, 7) is 7.73. The Bertz CT molecular complexity index is 873. The van der Waals surface area contributed by atoms with E-state index in [1.165, 1.54) is 0 Å². The van der Waals surface area contributed by atoms with Crippen LogP contribution in [-0.2, 0) is 16.8 Å². The highest BCUT2D eigenvalue weighted by atomic mass is 127. The van der Waals surface area contributed by atoms with Crippen LogP contribution in [0.15, 0.2) is 44.4 Å². The summed E-state index contributed by atoms with van der Waals surface area (Å²) in [7, 11) is 0. The number of carbonyl (C=O) groups is 1. The molecule has 3 heterocycles. The van der Waals surface area contributed by atoms with E-state index in [9.17, 15) is 9.90 Å². The van der Waals surface area contributed by atoms with Crippen molar-refractivity contribution in [2.75, 3.05) is 32.8 Å². The Labute approximate surface area is 212 Å². The van der Waals surface area contributed by atoms with Crippen LogP contribution in [0.5, 0.6) is 0 Å². The van der Waals surface area contributed by atoms with Gasteiger partial charge in [-0.15, -0.1) is 24.0 Å². The van der Waals surface area contributed by atoms with Crippen LogP contribution in [0, 0.1) is 6.92 Å². The Balaban J connectivity index is 0.00000385. The summed E-state index contributed by atoms with van der Waals surface area (Å²) >= 11 is 0. The van der Waals surface area contributed by atoms with Gasteiger partial charge in [-0.2, -0.15) is 0 Å². The number of hydrogen-bond donors (Lipinski definition) is 3. The predicted octanol–water partition coefficient (Wildman–Crippen LogP) is 3.41. The molecule has 2 aromatic heterocycles. The Hall–Kier alpha value is -2.21. The molecule has 9 nitrogen and oxygen atoms in total. The molecule has 1 aliphatic heterocycles. The molecule has 1 saturated heterocycles. The van der Waals surface area contributed by atoms with Crippen molar-refractivity contribution in [3.8, 4) is 0 Å². The van der Waals surface area contributed by atoms with Gasteiger partial charge in [-0.05, 0) is 57.9 Å². The molecular weight excluding hydrogens is 539 g/mol. The van der Waals surface area contributed by atoms with Gasteiger partial charge in [-0.3, -0.25) is 0 Å². The van der Waals surface area contributed by atoms with Gasteiger partial charge in [0, 0.05) is 32.1 Å². The maximum atomic E-state index is 11.9. The molecule has 33 heavy (non-hydrogen) atoms. The third kappa shape index (κ3) is 8.26. The van der Waals surface area contributed by atoms with Crippen LogP contribution in [0.1, 0.15) is 44.0 Å². The van der Waals surface area contributed by atoms with Gasteiger partial charge in [-0.1, -0.05) is 0 Å². The number of aliphatic hydroxyl groups is 1. The molecule has 3 N–H and O–H groups in total. The number of hydrogen-bond acceptors (Lipinski definition) is 6. The fraction of sp³-hybridized carbons (Fsp3) is 0.565. The average molecular weight is 574 g/mol. The first-order valence-electron chi connectivity index (χ1n) is 11.2. The zero-order valence-corrected chi connectivity index (χ0v) is 21.8. The number of aliphatic imine (C=N–C) groups is 1. The fourth-order valence-electron chi connectivity index (χ4n) is 3.56. The minimum atomic E-state index is -1.23. The van der Waals surface area contributed by atoms with Crippen LogP contribution in [0.3, 0.4) is 0 Å². The smallest absolute Gasteiger partial charge is 0.409 e. The third-order valence-corrected chi connectivity index (χ3v) is 5.42. The summed E-state index contributed by atoms with van der Waals surface area (Å²) in [5.74, 6) is 2.72. The van der Waals surface area contributed by atoms with E-state index in [-0.39, 0.29) is 42.7 Å². The highest BCUT2D eigenvalue weighted by Crippen LogP contribution is 2.23. The lowest BCUT2D eigenvalue weighted by atomic mass is 10.0. The molecule has 0 bridgehead atoms. The van der Waals surface area contributed by atoms with E-state index in [2.05, 4.69) is 15.6 Å². The number of nitrogens with one attached hydrogen (secondary N) is 2. The molecule has 1 atom stereocenters. The molecule has 0 saturated carbocycles. The number of guanidine groups is 1. The van der Waals surface area contributed by atoms with E-state index in [0.717, 1.165) is 24.4 Å². The first kappa shape index (κ1) is 27.0. The number of nitrogens with zero attached hydrogens (tertiary/aromatic N) is 2. The summed E-state index contributed by atoms with van der Waals surface area (Å²) in [4.78, 5) is 18.3. The number of furan rings is 2. The van der Waals surface area contributed by atoms with Crippen LogP contribution < -0.4 is 10.6 Å². The first-order valence-corrected chi connectivity index (χ1v) is 11.2. The molecule has 0 spiro atoms. The molecular formula is C23H35IN4O5. The molecule has 184 valence electrons. The number of carbonyl (C=O) groups excluding carboxylic acids is 1. The van der Waals surface area contributed by atoms with Gasteiger partial charge in [0.15, 0.2) is 5.96 Å². The van der Waals surface area contributed by atoms with Crippen molar-refractivity contribution in [3.63, 3.8) is 0 Å². The highest BCUT2D eigenvalue weighted by molar-refractivity contribution is 14.0. The van der Waals surface area contributed by atoms with Gasteiger partial charge in [0.2, 0.25) is 0 Å². The highest BCUT2D eigenvalue weighted by Gasteiger charge is 2.28. The lowest BCUT2D eigenvalue weighted by Crippen LogP contribution is -2.50. The molecule has 10 heteroatoms. The molecule has 0 aliphatic carbocycles. The van der Waals surface area contributed by atoms with Gasteiger partial charge in [0.1, 0.15) is 22.9 Å². The van der Waals surface area contributed by atoms with Crippen LogP contribution in [0.2, 0.25) is 0 Å². The van der Waals surface area contributed by atoms with E-state index in [4.69, 9.17) is 13.6 Å². The maximum Gasteiger partial charge on any atom is 0.409 e. The quantitative estimate of drug-likeness (QED) is 0.252. The van der Waals surface area contributed by atoms with Gasteiger partial charge in [-0.25, -0.2) is 9.79 Å². The predicted molar refractivity (Wildman–Crippen MR) is 136 cm³/mol. The number of piperidine rings is 1. The largest absolute Gasteiger partial charge is 0.469 e. The Morgan fingerprint density at radius 1 is 1.33 bits per heavy atom. The number of halogens is 1. The van der Waals surface area contributed by atoms with Gasteiger partial charge in [0.25, 0.3) is 0 Å². The van der Waals surface area contributed by atoms with Crippen molar-refractivity contribution < 1.29 is 23.5 Å². The molecule has 2 aromatic rings. The monoisotopic (exact) mass is 574 g/mol. The molecule has 0 radical (unpaired) electrons. The van der Waals surface area contributed by atoms with Crippen LogP contribution in [0.4, 0.5) is 4.79 Å². The molecule has 1 unspecified atom stereocenters. The Morgan fingerprint density at radius 3 is 2.70 bits per heavy atom. The minimum Gasteiger partial charge on any atom is -0.469 e. The second kappa shape index (κ2) is 12.9. The topological polar surface area (TPSA) is 112 Å². The van der Waals surface area contributed by atoms with Gasteiger partial charge in [0.05, 0.1) is 19.4 Å². The lowest BCUT2D eigenvalue weighted by Gasteiger charge is -2.32. The van der Waals surface area contributed by atoms with Crippen molar-refractivity contribution >= 4 is 36.0 Å². The number of amides is 1. The van der Waals surface area contributed by atoms with E-state index >= 15 is 0 Å². The third-order valence-electron chi connectivity index (χ3n) is 5.42.